The summed E-state index contributed by atoms with van der Waals surface area (Å²) in [6, 6.07) is 17.6. The molecule has 0 aliphatic carbocycles. The first-order valence-electron chi connectivity index (χ1n) is 10.4. The van der Waals surface area contributed by atoms with Crippen molar-refractivity contribution in [3.8, 4) is 17.2 Å². The fourth-order valence-electron chi connectivity index (χ4n) is 2.86. The molecule has 3 rings (SSSR count). The van der Waals surface area contributed by atoms with Crippen molar-refractivity contribution in [3.63, 3.8) is 0 Å². The maximum absolute atomic E-state index is 12.8. The monoisotopic (exact) mass is 520 g/mol. The zero-order chi connectivity index (χ0) is 26.1. The molecule has 11 heteroatoms. The molecule has 0 atom stereocenters. The number of ether oxygens (including phenoxy) is 2. The maximum Gasteiger partial charge on any atom is 0.573 e. The van der Waals surface area contributed by atoms with Gasteiger partial charge in [0.15, 0.2) is 0 Å². The van der Waals surface area contributed by atoms with E-state index in [1.807, 2.05) is 0 Å². The fraction of sp³-hybridized carbons (Fsp3) is 0.120. The smallest absolute Gasteiger partial charge is 0.457 e. The topological polar surface area (TPSA) is 96.9 Å². The van der Waals surface area contributed by atoms with Gasteiger partial charge in [-0.2, -0.15) is 0 Å². The standard InChI is InChI=1S/C25H20ClF3N2O5/c26-18-5-11-20(12-6-18)35-19-9-3-17(4-10-19)23(33)31-22(24(34)30-13-14-32)15-16-1-7-21(8-2-16)36-25(27,28)29/h1-12,15,32H,13-14H2,(H,30,34)(H,31,33). The molecule has 36 heavy (non-hydrogen) atoms. The molecule has 0 heterocycles. The van der Waals surface area contributed by atoms with Crippen molar-refractivity contribution in [3.05, 3.63) is 94.6 Å². The van der Waals surface area contributed by atoms with E-state index in [0.717, 1.165) is 12.1 Å². The summed E-state index contributed by atoms with van der Waals surface area (Å²) in [4.78, 5) is 25.3. The minimum Gasteiger partial charge on any atom is -0.457 e. The highest BCUT2D eigenvalue weighted by atomic mass is 35.5. The Labute approximate surface area is 209 Å². The molecule has 2 amide bonds. The largest absolute Gasteiger partial charge is 0.573 e. The van der Waals surface area contributed by atoms with E-state index in [0.29, 0.717) is 22.1 Å². The molecule has 3 N–H and O–H groups in total. The number of amides is 2. The lowest BCUT2D eigenvalue weighted by atomic mass is 10.1. The number of alkyl halides is 3. The SMILES string of the molecule is O=C(NCCO)C(=Cc1ccc(OC(F)(F)F)cc1)NC(=O)c1ccc(Oc2ccc(Cl)cc2)cc1. The predicted octanol–water partition coefficient (Wildman–Crippen LogP) is 4.91. The Kier molecular flexibility index (Phi) is 8.93. The van der Waals surface area contributed by atoms with Crippen LogP contribution in [0.5, 0.6) is 17.2 Å². The minimum atomic E-state index is -4.84. The van der Waals surface area contributed by atoms with Crippen LogP contribution in [0.4, 0.5) is 13.2 Å². The van der Waals surface area contributed by atoms with Crippen molar-refractivity contribution < 1.29 is 37.3 Å². The summed E-state index contributed by atoms with van der Waals surface area (Å²) in [7, 11) is 0. The lowest BCUT2D eigenvalue weighted by molar-refractivity contribution is -0.274. The van der Waals surface area contributed by atoms with Crippen LogP contribution in [0.3, 0.4) is 0 Å². The van der Waals surface area contributed by atoms with E-state index in [2.05, 4.69) is 15.4 Å². The van der Waals surface area contributed by atoms with Crippen LogP contribution in [0.15, 0.2) is 78.5 Å². The van der Waals surface area contributed by atoms with Crippen LogP contribution in [0.25, 0.3) is 6.08 Å². The predicted molar refractivity (Wildman–Crippen MR) is 127 cm³/mol. The quantitative estimate of drug-likeness (QED) is 0.348. The van der Waals surface area contributed by atoms with Gasteiger partial charge in [0.2, 0.25) is 0 Å². The normalized spacial score (nSPS) is 11.5. The van der Waals surface area contributed by atoms with E-state index < -0.39 is 23.9 Å². The third kappa shape index (κ3) is 8.33. The molecule has 0 aliphatic heterocycles. The number of nitrogens with one attached hydrogen (secondary N) is 2. The van der Waals surface area contributed by atoms with Crippen molar-refractivity contribution in [2.45, 2.75) is 6.36 Å². The Bertz CT molecular complexity index is 1210. The summed E-state index contributed by atoms with van der Waals surface area (Å²) >= 11 is 5.85. The van der Waals surface area contributed by atoms with Gasteiger partial charge in [0.1, 0.15) is 22.9 Å². The molecule has 0 bridgehead atoms. The summed E-state index contributed by atoms with van der Waals surface area (Å²) in [5, 5.41) is 14.4. The molecule has 0 spiro atoms. The third-order valence-corrected chi connectivity index (χ3v) is 4.73. The number of hydrogen-bond acceptors (Lipinski definition) is 5. The fourth-order valence-corrected chi connectivity index (χ4v) is 2.99. The van der Waals surface area contributed by atoms with E-state index in [4.69, 9.17) is 21.4 Å². The molecule has 188 valence electrons. The number of rotatable bonds is 9. The van der Waals surface area contributed by atoms with Crippen LogP contribution >= 0.6 is 11.6 Å². The van der Waals surface area contributed by atoms with Crippen LogP contribution < -0.4 is 20.1 Å². The molecule has 0 radical (unpaired) electrons. The Morgan fingerprint density at radius 1 is 0.889 bits per heavy atom. The highest BCUT2D eigenvalue weighted by Crippen LogP contribution is 2.24. The summed E-state index contributed by atoms with van der Waals surface area (Å²) in [6.45, 7) is -0.396. The van der Waals surface area contributed by atoms with Crippen molar-refractivity contribution in [2.75, 3.05) is 13.2 Å². The van der Waals surface area contributed by atoms with Gasteiger partial charge in [-0.05, 0) is 72.3 Å². The van der Waals surface area contributed by atoms with Crippen molar-refractivity contribution in [2.24, 2.45) is 0 Å². The number of carbonyl (C=O) groups excluding carboxylic acids is 2. The second kappa shape index (κ2) is 12.1. The minimum absolute atomic E-state index is 0.0683. The van der Waals surface area contributed by atoms with Crippen molar-refractivity contribution in [1.29, 1.82) is 0 Å². The number of aliphatic hydroxyl groups excluding tert-OH is 1. The van der Waals surface area contributed by atoms with Gasteiger partial charge in [-0.15, -0.1) is 13.2 Å². The van der Waals surface area contributed by atoms with Gasteiger partial charge in [0, 0.05) is 17.1 Å². The van der Waals surface area contributed by atoms with Crippen molar-refractivity contribution >= 4 is 29.5 Å². The van der Waals surface area contributed by atoms with Gasteiger partial charge < -0.3 is 25.2 Å². The Morgan fingerprint density at radius 2 is 1.44 bits per heavy atom. The molecule has 3 aromatic rings. The van der Waals surface area contributed by atoms with Gasteiger partial charge >= 0.3 is 6.36 Å². The van der Waals surface area contributed by atoms with E-state index >= 15 is 0 Å². The molecule has 0 aliphatic rings. The molecular weight excluding hydrogens is 501 g/mol. The van der Waals surface area contributed by atoms with E-state index in [1.54, 1.807) is 36.4 Å². The zero-order valence-electron chi connectivity index (χ0n) is 18.5. The number of benzene rings is 3. The van der Waals surface area contributed by atoms with Crippen LogP contribution in [-0.4, -0.2) is 36.4 Å². The summed E-state index contributed by atoms with van der Waals surface area (Å²) in [6.07, 6.45) is -3.56. The maximum atomic E-state index is 12.8. The van der Waals surface area contributed by atoms with E-state index in [1.165, 1.54) is 30.3 Å². The molecule has 3 aromatic carbocycles. The Hall–Kier alpha value is -4.02. The van der Waals surface area contributed by atoms with Gasteiger partial charge in [0.05, 0.1) is 6.61 Å². The number of hydrogen-bond donors (Lipinski definition) is 3. The molecule has 0 saturated carbocycles. The van der Waals surface area contributed by atoms with Gasteiger partial charge in [-0.3, -0.25) is 9.59 Å². The lowest BCUT2D eigenvalue weighted by Crippen LogP contribution is -2.36. The Balaban J connectivity index is 1.74. The second-order valence-corrected chi connectivity index (χ2v) is 7.63. The van der Waals surface area contributed by atoms with Crippen LogP contribution in [0.2, 0.25) is 5.02 Å². The van der Waals surface area contributed by atoms with Gasteiger partial charge in [-0.1, -0.05) is 23.7 Å². The molecule has 0 unspecified atom stereocenters. The molecule has 0 saturated heterocycles. The van der Waals surface area contributed by atoms with Crippen molar-refractivity contribution in [1.82, 2.24) is 10.6 Å². The summed E-state index contributed by atoms with van der Waals surface area (Å²) in [5.74, 6) is -0.734. The first-order chi connectivity index (χ1) is 17.1. The number of carbonyl (C=O) groups is 2. The highest BCUT2D eigenvalue weighted by molar-refractivity contribution is 6.30. The van der Waals surface area contributed by atoms with Crippen LogP contribution in [0.1, 0.15) is 15.9 Å². The highest BCUT2D eigenvalue weighted by Gasteiger charge is 2.30. The van der Waals surface area contributed by atoms with Crippen LogP contribution in [0, 0.1) is 0 Å². The lowest BCUT2D eigenvalue weighted by Gasteiger charge is -2.12. The van der Waals surface area contributed by atoms with Gasteiger partial charge in [0.25, 0.3) is 11.8 Å². The average molecular weight is 521 g/mol. The third-order valence-electron chi connectivity index (χ3n) is 4.48. The molecule has 7 nitrogen and oxygen atoms in total. The second-order valence-electron chi connectivity index (χ2n) is 7.19. The summed E-state index contributed by atoms with van der Waals surface area (Å²) in [5.41, 5.74) is 0.360. The molecule has 0 aromatic heterocycles. The van der Waals surface area contributed by atoms with Crippen LogP contribution in [-0.2, 0) is 4.79 Å². The summed E-state index contributed by atoms with van der Waals surface area (Å²) < 4.78 is 46.6. The average Bonchev–Trinajstić information content (AvgIpc) is 2.84. The van der Waals surface area contributed by atoms with Gasteiger partial charge in [-0.25, -0.2) is 0 Å². The first-order valence-corrected chi connectivity index (χ1v) is 10.8. The molecular formula is C25H20ClF3N2O5. The zero-order valence-corrected chi connectivity index (χ0v) is 19.3. The van der Waals surface area contributed by atoms with E-state index in [-0.39, 0.29) is 24.4 Å². The molecule has 0 fully saturated rings. The first kappa shape index (κ1) is 26.6. The Morgan fingerprint density at radius 3 is 2.00 bits per heavy atom. The number of halogens is 4. The number of aliphatic hydroxyl groups is 1. The van der Waals surface area contributed by atoms with E-state index in [9.17, 15) is 22.8 Å².